The molecule has 0 aromatic rings. The SMILES string of the molecule is [C]#CCC#CBr. The number of rotatable bonds is 0. The van der Waals surface area contributed by atoms with Crippen LogP contribution in [0.2, 0.25) is 0 Å². The smallest absolute Gasteiger partial charge is 0.0721 e. The lowest BCUT2D eigenvalue weighted by molar-refractivity contribution is 1.57. The van der Waals surface area contributed by atoms with Crippen LogP contribution in [-0.4, -0.2) is 0 Å². The largest absolute Gasteiger partial charge is 0.0776 e. The second-order valence-corrected chi connectivity index (χ2v) is 1.02. The summed E-state index contributed by atoms with van der Waals surface area (Å²) in [6.45, 7) is 0. The molecule has 0 spiro atoms. The van der Waals surface area contributed by atoms with Gasteiger partial charge in [0.15, 0.2) is 0 Å². The third-order valence-corrected chi connectivity index (χ3v) is 0.524. The molecular formula is C5H2Br. The minimum absolute atomic E-state index is 0.422. The highest BCUT2D eigenvalue weighted by atomic mass is 79.9. The second kappa shape index (κ2) is 4.60. The van der Waals surface area contributed by atoms with Gasteiger partial charge in [0.1, 0.15) is 0 Å². The van der Waals surface area contributed by atoms with Crippen LogP contribution in [-0.2, 0) is 0 Å². The molecule has 0 fully saturated rings. The molecule has 0 aliphatic rings. The topological polar surface area (TPSA) is 0 Å². The Kier molecular flexibility index (Phi) is 4.29. The fraction of sp³-hybridized carbons (Fsp3) is 0.200. The van der Waals surface area contributed by atoms with E-state index in [2.05, 4.69) is 32.6 Å². The highest BCUT2D eigenvalue weighted by Crippen LogP contribution is 1.71. The van der Waals surface area contributed by atoms with E-state index >= 15 is 0 Å². The van der Waals surface area contributed by atoms with E-state index in [9.17, 15) is 0 Å². The van der Waals surface area contributed by atoms with Gasteiger partial charge in [0, 0.05) is 15.9 Å². The van der Waals surface area contributed by atoms with Crippen LogP contribution in [0.25, 0.3) is 0 Å². The lowest BCUT2D eigenvalue weighted by Gasteiger charge is -1.58. The Morgan fingerprint density at radius 2 is 2.33 bits per heavy atom. The van der Waals surface area contributed by atoms with Crippen molar-refractivity contribution < 1.29 is 0 Å². The van der Waals surface area contributed by atoms with Gasteiger partial charge in [-0.25, -0.2) is 0 Å². The molecule has 29 valence electrons. The zero-order valence-corrected chi connectivity index (χ0v) is 4.67. The van der Waals surface area contributed by atoms with Crippen LogP contribution in [0, 0.1) is 23.1 Å². The summed E-state index contributed by atoms with van der Waals surface area (Å²) in [5, 5.41) is 0. The van der Waals surface area contributed by atoms with E-state index in [1.165, 1.54) is 0 Å². The summed E-state index contributed by atoms with van der Waals surface area (Å²) in [5.41, 5.74) is 0. The predicted octanol–water partition coefficient (Wildman–Crippen LogP) is 1.32. The van der Waals surface area contributed by atoms with E-state index in [1.807, 2.05) is 0 Å². The Balaban J connectivity index is 3.07. The number of hydrogen-bond acceptors (Lipinski definition) is 0. The molecule has 1 heteroatoms. The Hall–Kier alpha value is -0.400. The van der Waals surface area contributed by atoms with Crippen LogP contribution in [0.5, 0.6) is 0 Å². The Labute approximate surface area is 46.1 Å². The van der Waals surface area contributed by atoms with E-state index in [1.54, 1.807) is 0 Å². The fourth-order valence-electron chi connectivity index (χ4n) is 0.0776. The van der Waals surface area contributed by atoms with Crippen molar-refractivity contribution in [2.24, 2.45) is 0 Å². The Morgan fingerprint density at radius 3 is 2.50 bits per heavy atom. The van der Waals surface area contributed by atoms with Crippen molar-refractivity contribution in [1.82, 2.24) is 0 Å². The summed E-state index contributed by atoms with van der Waals surface area (Å²) in [4.78, 5) is 2.45. The van der Waals surface area contributed by atoms with Crippen molar-refractivity contribution in [3.63, 3.8) is 0 Å². The van der Waals surface area contributed by atoms with Crippen LogP contribution in [0.4, 0.5) is 0 Å². The van der Waals surface area contributed by atoms with Crippen LogP contribution in [0.1, 0.15) is 6.42 Å². The molecule has 6 heavy (non-hydrogen) atoms. The first-order valence-corrected chi connectivity index (χ1v) is 2.19. The average Bonchev–Trinajstić information content (AvgIpc) is 1.61. The van der Waals surface area contributed by atoms with Gasteiger partial charge in [0.2, 0.25) is 0 Å². The minimum Gasteiger partial charge on any atom is -0.0776 e. The first-order chi connectivity index (χ1) is 2.91. The van der Waals surface area contributed by atoms with Gasteiger partial charge in [0.05, 0.1) is 6.42 Å². The van der Waals surface area contributed by atoms with Gasteiger partial charge in [-0.1, -0.05) is 11.8 Å². The van der Waals surface area contributed by atoms with Crippen LogP contribution < -0.4 is 0 Å². The molecule has 0 amide bonds. The molecule has 0 aromatic carbocycles. The predicted molar refractivity (Wildman–Crippen MR) is 28.5 cm³/mol. The summed E-state index contributed by atoms with van der Waals surface area (Å²) in [7, 11) is 0. The number of halogens is 1. The van der Waals surface area contributed by atoms with Gasteiger partial charge in [-0.15, -0.1) is 0 Å². The van der Waals surface area contributed by atoms with Gasteiger partial charge in [-0.2, -0.15) is 0 Å². The van der Waals surface area contributed by atoms with E-state index in [4.69, 9.17) is 6.42 Å². The highest BCUT2D eigenvalue weighted by Gasteiger charge is 1.56. The van der Waals surface area contributed by atoms with Gasteiger partial charge in [0.25, 0.3) is 0 Å². The summed E-state index contributed by atoms with van der Waals surface area (Å²) >= 11 is 2.87. The lowest BCUT2D eigenvalue weighted by atomic mass is 10.5. The maximum atomic E-state index is 6.33. The summed E-state index contributed by atoms with van der Waals surface area (Å²) < 4.78 is 0. The van der Waals surface area contributed by atoms with Gasteiger partial charge in [-0.3, -0.25) is 0 Å². The molecule has 0 aliphatic heterocycles. The average molecular weight is 142 g/mol. The van der Waals surface area contributed by atoms with Gasteiger partial charge >= 0.3 is 0 Å². The molecule has 0 rings (SSSR count). The van der Waals surface area contributed by atoms with Crippen LogP contribution in [0.3, 0.4) is 0 Å². The summed E-state index contributed by atoms with van der Waals surface area (Å²) in [6.07, 6.45) is 6.75. The van der Waals surface area contributed by atoms with E-state index in [0.717, 1.165) is 0 Å². The maximum Gasteiger partial charge on any atom is 0.0721 e. The normalized spacial score (nSPS) is 4.67. The van der Waals surface area contributed by atoms with Crippen molar-refractivity contribution in [1.29, 1.82) is 0 Å². The van der Waals surface area contributed by atoms with Gasteiger partial charge < -0.3 is 0 Å². The highest BCUT2D eigenvalue weighted by molar-refractivity contribution is 9.12. The van der Waals surface area contributed by atoms with Crippen molar-refractivity contribution >= 4 is 15.9 Å². The van der Waals surface area contributed by atoms with Crippen LogP contribution >= 0.6 is 15.9 Å². The molecular weight excluding hydrogens is 140 g/mol. The first-order valence-electron chi connectivity index (χ1n) is 1.40. The monoisotopic (exact) mass is 141 g/mol. The van der Waals surface area contributed by atoms with Crippen molar-refractivity contribution in [2.45, 2.75) is 6.42 Å². The lowest BCUT2D eigenvalue weighted by Crippen LogP contribution is -1.49. The van der Waals surface area contributed by atoms with Crippen molar-refractivity contribution in [3.8, 4) is 16.7 Å². The molecule has 0 bridgehead atoms. The molecule has 0 saturated carbocycles. The fourth-order valence-corrected chi connectivity index (χ4v) is 0.218. The van der Waals surface area contributed by atoms with E-state index in [0.29, 0.717) is 6.42 Å². The third kappa shape index (κ3) is 3.60. The molecule has 0 N–H and O–H groups in total. The quantitative estimate of drug-likeness (QED) is 0.447. The molecule has 0 aliphatic carbocycles. The molecule has 0 saturated heterocycles. The molecule has 0 nitrogen and oxygen atoms in total. The molecule has 0 heterocycles. The van der Waals surface area contributed by atoms with E-state index < -0.39 is 0 Å². The van der Waals surface area contributed by atoms with Crippen molar-refractivity contribution in [2.75, 3.05) is 0 Å². The summed E-state index contributed by atoms with van der Waals surface area (Å²) in [6, 6.07) is 0. The third-order valence-electron chi connectivity index (χ3n) is 0.244. The minimum atomic E-state index is 0.422. The Bertz CT molecular complexity index is 108. The first kappa shape index (κ1) is 5.60. The standard InChI is InChI=1S/C5H2Br/c1-2-3-4-5-6/h3H2. The zero-order valence-electron chi connectivity index (χ0n) is 3.09. The summed E-state index contributed by atoms with van der Waals surface area (Å²) in [5.74, 6) is 4.68. The molecule has 1 radical (unpaired) electrons. The molecule has 0 atom stereocenters. The van der Waals surface area contributed by atoms with Gasteiger partial charge in [-0.05, 0) is 11.3 Å². The van der Waals surface area contributed by atoms with Crippen LogP contribution in [0.15, 0.2) is 0 Å². The molecule has 0 unspecified atom stereocenters. The molecule has 0 aromatic heterocycles. The maximum absolute atomic E-state index is 6.33. The number of hydrogen-bond donors (Lipinski definition) is 0. The zero-order chi connectivity index (χ0) is 4.83. The second-order valence-electron chi connectivity index (χ2n) is 0.625. The Morgan fingerprint density at radius 1 is 1.67 bits per heavy atom. The van der Waals surface area contributed by atoms with E-state index in [-0.39, 0.29) is 0 Å². The van der Waals surface area contributed by atoms with Crippen molar-refractivity contribution in [3.05, 3.63) is 6.42 Å².